The van der Waals surface area contributed by atoms with E-state index in [-0.39, 0.29) is 18.5 Å². The summed E-state index contributed by atoms with van der Waals surface area (Å²) < 4.78 is 82.2. The van der Waals surface area contributed by atoms with Crippen LogP contribution < -0.4 is 0 Å². The summed E-state index contributed by atoms with van der Waals surface area (Å²) in [6, 6.07) is 9.44. The van der Waals surface area contributed by atoms with Crippen LogP contribution in [0.3, 0.4) is 0 Å². The standard InChI is InChI=1S/C24H27ClF6N4O2/c1-2-16-13-17(35(32-16)19-6-4-3-5-18(19)25)14-33-10-7-22(15-33)8-11-34(12-9-22)21(36)37-20(23(26,27)28)24(29,30)31/h3-6,13,20H,2,7-12,14-15H2,1H3. The van der Waals surface area contributed by atoms with Gasteiger partial charge >= 0.3 is 18.4 Å². The van der Waals surface area contributed by atoms with Crippen molar-refractivity contribution in [2.45, 2.75) is 57.6 Å². The lowest BCUT2D eigenvalue weighted by atomic mass is 9.78. The smallest absolute Gasteiger partial charge is 0.426 e. The summed E-state index contributed by atoms with van der Waals surface area (Å²) in [5, 5.41) is 5.25. The van der Waals surface area contributed by atoms with Gasteiger partial charge in [0.25, 0.3) is 6.10 Å². The Balaban J connectivity index is 1.38. The minimum atomic E-state index is -5.73. The third kappa shape index (κ3) is 6.17. The minimum Gasteiger partial charge on any atom is -0.426 e. The lowest BCUT2D eigenvalue weighted by molar-refractivity contribution is -0.308. The van der Waals surface area contributed by atoms with E-state index >= 15 is 0 Å². The summed E-state index contributed by atoms with van der Waals surface area (Å²) in [6.45, 7) is 4.14. The number of amides is 1. The van der Waals surface area contributed by atoms with Crippen molar-refractivity contribution in [1.82, 2.24) is 19.6 Å². The van der Waals surface area contributed by atoms with E-state index in [1.807, 2.05) is 35.9 Å². The quantitative estimate of drug-likeness (QED) is 0.427. The second kappa shape index (κ2) is 10.4. The van der Waals surface area contributed by atoms with Crippen LogP contribution in [0.1, 0.15) is 37.6 Å². The number of aromatic nitrogens is 2. The average Bonchev–Trinajstić information content (AvgIpc) is 3.40. The first-order valence-corrected chi connectivity index (χ1v) is 12.3. The predicted octanol–water partition coefficient (Wildman–Crippen LogP) is 6.01. The van der Waals surface area contributed by atoms with Crippen LogP contribution in [0.2, 0.25) is 5.02 Å². The van der Waals surface area contributed by atoms with Gasteiger partial charge in [-0.05, 0) is 55.8 Å². The Morgan fingerprint density at radius 2 is 1.70 bits per heavy atom. The first kappa shape index (κ1) is 27.6. The van der Waals surface area contributed by atoms with Gasteiger partial charge in [0, 0.05) is 26.2 Å². The summed E-state index contributed by atoms with van der Waals surface area (Å²) in [5.74, 6) is 0. The molecule has 1 aromatic heterocycles. The Bertz CT molecular complexity index is 1100. The average molecular weight is 553 g/mol. The van der Waals surface area contributed by atoms with E-state index in [0.717, 1.165) is 41.4 Å². The van der Waals surface area contributed by atoms with Gasteiger partial charge in [-0.15, -0.1) is 0 Å². The van der Waals surface area contributed by atoms with E-state index < -0.39 is 24.5 Å². The molecule has 1 spiro atoms. The summed E-state index contributed by atoms with van der Waals surface area (Å²) in [6.07, 6.45) is -14.7. The third-order valence-electron chi connectivity index (χ3n) is 7.08. The molecule has 2 fully saturated rings. The molecule has 2 aromatic rings. The second-order valence-electron chi connectivity index (χ2n) is 9.64. The Labute approximate surface area is 215 Å². The fourth-order valence-electron chi connectivity index (χ4n) is 5.05. The number of halogens is 7. The van der Waals surface area contributed by atoms with Gasteiger partial charge < -0.3 is 9.64 Å². The molecule has 2 aliphatic heterocycles. The number of rotatable bonds is 5. The van der Waals surface area contributed by atoms with Crippen molar-refractivity contribution in [3.8, 4) is 5.69 Å². The molecule has 0 bridgehead atoms. The van der Waals surface area contributed by atoms with Gasteiger partial charge in [-0.1, -0.05) is 30.7 Å². The van der Waals surface area contributed by atoms with Crippen LogP contribution >= 0.6 is 11.6 Å². The summed E-state index contributed by atoms with van der Waals surface area (Å²) in [4.78, 5) is 15.3. The highest BCUT2D eigenvalue weighted by Gasteiger charge is 2.60. The summed E-state index contributed by atoms with van der Waals surface area (Å²) in [5.41, 5.74) is 2.49. The van der Waals surface area contributed by atoms with E-state index in [1.165, 1.54) is 0 Å². The number of carbonyl (C=O) groups excluding carboxylic acids is 1. The van der Waals surface area contributed by atoms with Crippen LogP contribution in [0, 0.1) is 5.41 Å². The van der Waals surface area contributed by atoms with E-state index in [1.54, 1.807) is 6.07 Å². The molecule has 3 heterocycles. The number of hydrogen-bond donors (Lipinski definition) is 0. The van der Waals surface area contributed by atoms with Crippen LogP contribution in [-0.2, 0) is 17.7 Å². The Morgan fingerprint density at radius 3 is 2.30 bits per heavy atom. The van der Waals surface area contributed by atoms with E-state index in [9.17, 15) is 31.1 Å². The van der Waals surface area contributed by atoms with Crippen molar-refractivity contribution in [1.29, 1.82) is 0 Å². The van der Waals surface area contributed by atoms with Gasteiger partial charge in [0.05, 0.1) is 22.1 Å². The lowest BCUT2D eigenvalue weighted by Crippen LogP contribution is -2.50. The fourth-order valence-corrected chi connectivity index (χ4v) is 5.27. The van der Waals surface area contributed by atoms with Crippen LogP contribution in [0.25, 0.3) is 5.69 Å². The normalized spacial score (nSPS) is 18.7. The molecule has 0 aliphatic carbocycles. The number of benzene rings is 1. The van der Waals surface area contributed by atoms with Crippen LogP contribution in [-0.4, -0.2) is 70.3 Å². The molecule has 0 saturated carbocycles. The maximum Gasteiger partial charge on any atom is 0.434 e. The zero-order valence-electron chi connectivity index (χ0n) is 20.1. The highest BCUT2D eigenvalue weighted by Crippen LogP contribution is 2.42. The number of ether oxygens (including phenoxy) is 1. The maximum atomic E-state index is 12.8. The molecular weight excluding hydrogens is 526 g/mol. The minimum absolute atomic E-state index is 0.0344. The SMILES string of the molecule is CCc1cc(CN2CCC3(CCN(C(=O)OC(C(F)(F)F)C(F)(F)F)CC3)C2)n(-c2ccccc2Cl)n1. The maximum absolute atomic E-state index is 12.8. The topological polar surface area (TPSA) is 50.6 Å². The number of hydrogen-bond acceptors (Lipinski definition) is 4. The number of likely N-dealkylation sites (tertiary alicyclic amines) is 2. The molecule has 0 N–H and O–H groups in total. The van der Waals surface area contributed by atoms with Crippen molar-refractivity contribution >= 4 is 17.7 Å². The Hall–Kier alpha value is -2.47. The molecule has 2 aliphatic rings. The van der Waals surface area contributed by atoms with Crippen molar-refractivity contribution in [3.05, 3.63) is 46.7 Å². The van der Waals surface area contributed by atoms with Crippen LogP contribution in [0.15, 0.2) is 30.3 Å². The number of aryl methyl sites for hydroxylation is 1. The predicted molar refractivity (Wildman–Crippen MR) is 123 cm³/mol. The highest BCUT2D eigenvalue weighted by molar-refractivity contribution is 6.32. The molecule has 37 heavy (non-hydrogen) atoms. The molecule has 2 saturated heterocycles. The van der Waals surface area contributed by atoms with Crippen molar-refractivity contribution in [2.24, 2.45) is 5.41 Å². The molecule has 0 unspecified atom stereocenters. The molecule has 1 amide bonds. The molecule has 4 rings (SSSR count). The zero-order chi connectivity index (χ0) is 27.0. The van der Waals surface area contributed by atoms with Crippen molar-refractivity contribution < 1.29 is 35.9 Å². The molecule has 204 valence electrons. The molecule has 0 atom stereocenters. The van der Waals surface area contributed by atoms with Gasteiger partial charge in [0.1, 0.15) is 0 Å². The number of piperidine rings is 1. The van der Waals surface area contributed by atoms with Gasteiger partial charge in [-0.2, -0.15) is 31.4 Å². The molecule has 13 heteroatoms. The molecule has 0 radical (unpaired) electrons. The van der Waals surface area contributed by atoms with Crippen LogP contribution in [0.4, 0.5) is 31.1 Å². The van der Waals surface area contributed by atoms with Gasteiger partial charge in [0.15, 0.2) is 0 Å². The number of nitrogens with zero attached hydrogens (tertiary/aromatic N) is 4. The van der Waals surface area contributed by atoms with Gasteiger partial charge in [-0.3, -0.25) is 4.90 Å². The zero-order valence-corrected chi connectivity index (χ0v) is 20.8. The highest BCUT2D eigenvalue weighted by atomic mass is 35.5. The molecule has 6 nitrogen and oxygen atoms in total. The van der Waals surface area contributed by atoms with Crippen molar-refractivity contribution in [3.63, 3.8) is 0 Å². The first-order chi connectivity index (χ1) is 17.3. The summed E-state index contributed by atoms with van der Waals surface area (Å²) in [7, 11) is 0. The molecular formula is C24H27ClF6N4O2. The van der Waals surface area contributed by atoms with Gasteiger partial charge in [0.2, 0.25) is 0 Å². The number of carbonyl (C=O) groups is 1. The largest absolute Gasteiger partial charge is 0.434 e. The van der Waals surface area contributed by atoms with Gasteiger partial charge in [-0.25, -0.2) is 9.48 Å². The lowest BCUT2D eigenvalue weighted by Gasteiger charge is -2.39. The van der Waals surface area contributed by atoms with Crippen molar-refractivity contribution in [2.75, 3.05) is 26.2 Å². The first-order valence-electron chi connectivity index (χ1n) is 12.0. The fraction of sp³-hybridized carbons (Fsp3) is 0.583. The van der Waals surface area contributed by atoms with E-state index in [0.29, 0.717) is 31.0 Å². The number of para-hydroxylation sites is 1. The molecule has 1 aromatic carbocycles. The van der Waals surface area contributed by atoms with E-state index in [2.05, 4.69) is 14.7 Å². The van der Waals surface area contributed by atoms with E-state index in [4.69, 9.17) is 11.6 Å². The van der Waals surface area contributed by atoms with Crippen LogP contribution in [0.5, 0.6) is 0 Å². The number of alkyl halides is 6. The monoisotopic (exact) mass is 552 g/mol. The Kier molecular flexibility index (Phi) is 7.72. The second-order valence-corrected chi connectivity index (χ2v) is 10.0. The summed E-state index contributed by atoms with van der Waals surface area (Å²) >= 11 is 6.40. The third-order valence-corrected chi connectivity index (χ3v) is 7.39. The Morgan fingerprint density at radius 1 is 1.08 bits per heavy atom.